The Morgan fingerprint density at radius 3 is 2.77 bits per heavy atom. The molecule has 1 aromatic rings. The third-order valence-corrected chi connectivity index (χ3v) is 3.47. The van der Waals surface area contributed by atoms with Crippen LogP contribution in [-0.2, 0) is 0 Å². The second kappa shape index (κ2) is 4.67. The summed E-state index contributed by atoms with van der Waals surface area (Å²) in [4.78, 5) is 1.11. The largest absolute Gasteiger partial charge is 0.411 e. The number of oxime groups is 1. The molecule has 0 saturated carbocycles. The van der Waals surface area contributed by atoms with Crippen LogP contribution in [0.4, 0.5) is 0 Å². The van der Waals surface area contributed by atoms with Crippen molar-refractivity contribution < 1.29 is 5.21 Å². The van der Waals surface area contributed by atoms with Gasteiger partial charge in [0, 0.05) is 14.9 Å². The molecule has 0 heterocycles. The fraction of sp³-hybridized carbons (Fsp3) is 0.222. The van der Waals surface area contributed by atoms with Gasteiger partial charge in [-0.05, 0) is 30.9 Å². The van der Waals surface area contributed by atoms with Gasteiger partial charge in [0.2, 0.25) is 0 Å². The number of benzene rings is 1. The van der Waals surface area contributed by atoms with E-state index in [9.17, 15) is 0 Å². The van der Waals surface area contributed by atoms with Gasteiger partial charge in [-0.25, -0.2) is 0 Å². The molecule has 0 unspecified atom stereocenters. The summed E-state index contributed by atoms with van der Waals surface area (Å²) in [5, 5.41) is 11.6. The first-order valence-electron chi connectivity index (χ1n) is 3.71. The first-order valence-corrected chi connectivity index (χ1v) is 5.73. The topological polar surface area (TPSA) is 32.6 Å². The van der Waals surface area contributed by atoms with Gasteiger partial charge < -0.3 is 5.21 Å². The molecule has 0 aliphatic heterocycles. The highest BCUT2D eigenvalue weighted by Crippen LogP contribution is 2.27. The molecule has 0 aliphatic rings. The van der Waals surface area contributed by atoms with Crippen molar-refractivity contribution in [1.29, 1.82) is 0 Å². The van der Waals surface area contributed by atoms with Gasteiger partial charge in [-0.1, -0.05) is 21.1 Å². The molecule has 0 fully saturated rings. The van der Waals surface area contributed by atoms with Gasteiger partial charge in [-0.3, -0.25) is 0 Å². The van der Waals surface area contributed by atoms with E-state index >= 15 is 0 Å². The van der Waals surface area contributed by atoms with E-state index in [1.807, 2.05) is 25.3 Å². The van der Waals surface area contributed by atoms with Crippen molar-refractivity contribution in [2.24, 2.45) is 5.16 Å². The Morgan fingerprint density at radius 2 is 2.23 bits per heavy atom. The molecule has 1 aromatic carbocycles. The molecule has 0 bridgehead atoms. The van der Waals surface area contributed by atoms with Crippen LogP contribution in [0.3, 0.4) is 0 Å². The summed E-state index contributed by atoms with van der Waals surface area (Å²) >= 11 is 5.06. The number of rotatable bonds is 2. The molecule has 1 N–H and O–H groups in total. The van der Waals surface area contributed by atoms with E-state index in [1.165, 1.54) is 6.21 Å². The van der Waals surface area contributed by atoms with Gasteiger partial charge in [-0.15, -0.1) is 11.8 Å². The Hall–Kier alpha value is -0.480. The van der Waals surface area contributed by atoms with E-state index in [2.05, 4.69) is 21.1 Å². The number of hydrogen-bond acceptors (Lipinski definition) is 3. The molecular formula is C9H10BrNOS. The lowest BCUT2D eigenvalue weighted by atomic mass is 10.1. The summed E-state index contributed by atoms with van der Waals surface area (Å²) in [6.45, 7) is 1.99. The second-order valence-electron chi connectivity index (χ2n) is 2.53. The first-order chi connectivity index (χ1) is 6.20. The fourth-order valence-electron chi connectivity index (χ4n) is 1.07. The third-order valence-electron chi connectivity index (χ3n) is 1.82. The van der Waals surface area contributed by atoms with Crippen molar-refractivity contribution in [2.75, 3.05) is 6.26 Å². The molecule has 0 radical (unpaired) electrons. The SMILES string of the molecule is CSc1ccc(Br)c(C)c1/C=N/O. The smallest absolute Gasteiger partial charge is 0.0748 e. The van der Waals surface area contributed by atoms with E-state index in [1.54, 1.807) is 11.8 Å². The summed E-state index contributed by atoms with van der Waals surface area (Å²) < 4.78 is 1.03. The molecular weight excluding hydrogens is 250 g/mol. The molecule has 4 heteroatoms. The summed E-state index contributed by atoms with van der Waals surface area (Å²) in [6.07, 6.45) is 3.46. The van der Waals surface area contributed by atoms with Crippen molar-refractivity contribution >= 4 is 33.9 Å². The highest BCUT2D eigenvalue weighted by Gasteiger charge is 2.05. The monoisotopic (exact) mass is 259 g/mol. The summed E-state index contributed by atoms with van der Waals surface area (Å²) in [5.41, 5.74) is 2.05. The molecule has 0 aromatic heterocycles. The van der Waals surface area contributed by atoms with Crippen LogP contribution in [0, 0.1) is 6.92 Å². The van der Waals surface area contributed by atoms with Crippen molar-refractivity contribution in [3.63, 3.8) is 0 Å². The molecule has 0 atom stereocenters. The molecule has 1 rings (SSSR count). The second-order valence-corrected chi connectivity index (χ2v) is 4.24. The summed E-state index contributed by atoms with van der Waals surface area (Å²) in [6, 6.07) is 3.99. The Labute approximate surface area is 90.2 Å². The summed E-state index contributed by atoms with van der Waals surface area (Å²) in [5.74, 6) is 0. The normalized spacial score (nSPS) is 11.0. The van der Waals surface area contributed by atoms with Gasteiger partial charge in [0.1, 0.15) is 0 Å². The van der Waals surface area contributed by atoms with Crippen molar-refractivity contribution in [3.8, 4) is 0 Å². The molecule has 0 amide bonds. The van der Waals surface area contributed by atoms with E-state index < -0.39 is 0 Å². The summed E-state index contributed by atoms with van der Waals surface area (Å²) in [7, 11) is 0. The van der Waals surface area contributed by atoms with Crippen LogP contribution < -0.4 is 0 Å². The Balaban J connectivity index is 3.32. The van der Waals surface area contributed by atoms with Crippen LogP contribution >= 0.6 is 27.7 Å². The van der Waals surface area contributed by atoms with Crippen LogP contribution in [0.5, 0.6) is 0 Å². The highest BCUT2D eigenvalue weighted by molar-refractivity contribution is 9.10. The van der Waals surface area contributed by atoms with Gasteiger partial charge in [-0.2, -0.15) is 0 Å². The lowest BCUT2D eigenvalue weighted by Gasteiger charge is -2.07. The number of thioether (sulfide) groups is 1. The Bertz CT molecular complexity index is 339. The molecule has 0 aliphatic carbocycles. The van der Waals surface area contributed by atoms with Crippen LogP contribution in [0.15, 0.2) is 26.7 Å². The number of halogens is 1. The zero-order chi connectivity index (χ0) is 9.84. The first kappa shape index (κ1) is 10.6. The number of hydrogen-bond donors (Lipinski definition) is 1. The minimum atomic E-state index is 0.962. The molecule has 2 nitrogen and oxygen atoms in total. The van der Waals surface area contributed by atoms with Crippen molar-refractivity contribution in [1.82, 2.24) is 0 Å². The maximum Gasteiger partial charge on any atom is 0.0748 e. The quantitative estimate of drug-likeness (QED) is 0.383. The van der Waals surface area contributed by atoms with Crippen LogP contribution in [0.25, 0.3) is 0 Å². The minimum absolute atomic E-state index is 0.962. The van der Waals surface area contributed by atoms with E-state index in [-0.39, 0.29) is 0 Å². The lowest BCUT2D eigenvalue weighted by Crippen LogP contribution is -1.91. The van der Waals surface area contributed by atoms with E-state index in [0.717, 1.165) is 20.5 Å². The maximum atomic E-state index is 8.50. The number of nitrogens with zero attached hydrogens (tertiary/aromatic N) is 1. The van der Waals surface area contributed by atoms with Crippen LogP contribution in [0.2, 0.25) is 0 Å². The minimum Gasteiger partial charge on any atom is -0.411 e. The standard InChI is InChI=1S/C9H10BrNOS/c1-6-7(5-11-12)9(13-2)4-3-8(6)10/h3-5,12H,1-2H3/b11-5+. The van der Waals surface area contributed by atoms with Gasteiger partial charge in [0.05, 0.1) is 6.21 Å². The maximum absolute atomic E-state index is 8.50. The van der Waals surface area contributed by atoms with Crippen LogP contribution in [0.1, 0.15) is 11.1 Å². The van der Waals surface area contributed by atoms with Crippen LogP contribution in [-0.4, -0.2) is 17.7 Å². The van der Waals surface area contributed by atoms with Gasteiger partial charge in [0.15, 0.2) is 0 Å². The van der Waals surface area contributed by atoms with Crippen molar-refractivity contribution in [3.05, 3.63) is 27.7 Å². The fourth-order valence-corrected chi connectivity index (χ4v) is 2.05. The highest BCUT2D eigenvalue weighted by atomic mass is 79.9. The van der Waals surface area contributed by atoms with E-state index in [0.29, 0.717) is 0 Å². The zero-order valence-electron chi connectivity index (χ0n) is 7.41. The van der Waals surface area contributed by atoms with Gasteiger partial charge in [0.25, 0.3) is 0 Å². The Kier molecular flexibility index (Phi) is 3.81. The average molecular weight is 260 g/mol. The molecule has 0 spiro atoms. The molecule has 70 valence electrons. The lowest BCUT2D eigenvalue weighted by molar-refractivity contribution is 0.321. The zero-order valence-corrected chi connectivity index (χ0v) is 9.82. The predicted octanol–water partition coefficient (Wildman–Crippen LogP) is 3.29. The molecule has 13 heavy (non-hydrogen) atoms. The predicted molar refractivity (Wildman–Crippen MR) is 60.0 cm³/mol. The Morgan fingerprint density at radius 1 is 1.54 bits per heavy atom. The molecule has 0 saturated heterocycles. The van der Waals surface area contributed by atoms with Crippen molar-refractivity contribution in [2.45, 2.75) is 11.8 Å². The third kappa shape index (κ3) is 2.25. The van der Waals surface area contributed by atoms with E-state index in [4.69, 9.17) is 5.21 Å². The van der Waals surface area contributed by atoms with Gasteiger partial charge >= 0.3 is 0 Å². The average Bonchev–Trinajstić information content (AvgIpc) is 2.14.